The van der Waals surface area contributed by atoms with Crippen molar-refractivity contribution >= 4 is 29.5 Å². The maximum absolute atomic E-state index is 12.1. The van der Waals surface area contributed by atoms with Gasteiger partial charge in [0.15, 0.2) is 0 Å². The van der Waals surface area contributed by atoms with E-state index in [-0.39, 0.29) is 0 Å². The van der Waals surface area contributed by atoms with Gasteiger partial charge in [-0.1, -0.05) is 30.8 Å². The molecule has 0 N–H and O–H groups in total. The Morgan fingerprint density at radius 2 is 1.69 bits per heavy atom. The fourth-order valence-electron chi connectivity index (χ4n) is 0.836. The van der Waals surface area contributed by atoms with E-state index in [1.165, 1.54) is 9.81 Å². The van der Waals surface area contributed by atoms with Crippen LogP contribution in [0.5, 0.6) is 0 Å². The summed E-state index contributed by atoms with van der Waals surface area (Å²) >= 11 is 3.30. The first-order valence-corrected chi connectivity index (χ1v) is 9.20. The Hall–Kier alpha value is 0.670. The molecule has 0 aromatic carbocycles. The summed E-state index contributed by atoms with van der Waals surface area (Å²) < 4.78 is 13.4. The van der Waals surface area contributed by atoms with Crippen LogP contribution in [0.15, 0.2) is 9.81 Å². The average Bonchev–Trinajstić information content (AvgIpc) is 2.13. The quantitative estimate of drug-likeness (QED) is 0.649. The normalized spacial score (nSPS) is 11.5. The van der Waals surface area contributed by atoms with Gasteiger partial charge in [0, 0.05) is 16.6 Å². The fraction of sp³-hybridized carbons (Fsp3) is 0.778. The third-order valence-corrected chi connectivity index (χ3v) is 9.64. The molecule has 0 aromatic heterocycles. The van der Waals surface area contributed by atoms with Crippen LogP contribution in [0.4, 0.5) is 0 Å². The van der Waals surface area contributed by atoms with Gasteiger partial charge >= 0.3 is 0 Å². The van der Waals surface area contributed by atoms with Crippen molar-refractivity contribution in [3.63, 3.8) is 0 Å². The highest BCUT2D eigenvalue weighted by Gasteiger charge is 2.20. The number of hydrogen-bond acceptors (Lipinski definition) is 3. The Balaban J connectivity index is 4.58. The summed E-state index contributed by atoms with van der Waals surface area (Å²) in [4.78, 5) is 0. The van der Waals surface area contributed by atoms with E-state index in [4.69, 9.17) is 0 Å². The van der Waals surface area contributed by atoms with Gasteiger partial charge in [0.25, 0.3) is 0 Å². The van der Waals surface area contributed by atoms with Gasteiger partial charge in [-0.2, -0.15) is 0 Å². The molecule has 0 heterocycles. The van der Waals surface area contributed by atoms with Gasteiger partial charge in [-0.3, -0.25) is 0 Å². The first-order valence-electron chi connectivity index (χ1n) is 4.48. The predicted octanol–water partition coefficient (Wildman–Crippen LogP) is 4.65. The van der Waals surface area contributed by atoms with Gasteiger partial charge in [0.05, 0.1) is 0 Å². The van der Waals surface area contributed by atoms with E-state index in [1.54, 1.807) is 23.1 Å². The summed E-state index contributed by atoms with van der Waals surface area (Å²) in [7, 11) is 0. The van der Waals surface area contributed by atoms with Gasteiger partial charge in [-0.15, -0.1) is 11.8 Å². The standard InChI is InChI=1S/C9H19OPS2/c1-6-11(10,7-2)13-9(12-5)8(3)4/h6-7H2,1-5H3. The largest absolute Gasteiger partial charge is 0.312 e. The number of hydrogen-bond donors (Lipinski definition) is 0. The van der Waals surface area contributed by atoms with Crippen molar-refractivity contribution in [2.45, 2.75) is 27.7 Å². The molecule has 0 saturated carbocycles. The van der Waals surface area contributed by atoms with E-state index >= 15 is 0 Å². The second kappa shape index (κ2) is 6.21. The average molecular weight is 238 g/mol. The molecular weight excluding hydrogens is 219 g/mol. The summed E-state index contributed by atoms with van der Waals surface area (Å²) in [6, 6.07) is 0. The number of allylic oxidation sites excluding steroid dienone is 1. The fourth-order valence-corrected chi connectivity index (χ4v) is 6.86. The molecule has 0 radical (unpaired) electrons. The second-order valence-corrected chi connectivity index (χ2v) is 10.1. The van der Waals surface area contributed by atoms with Crippen molar-refractivity contribution in [1.82, 2.24) is 0 Å². The van der Waals surface area contributed by atoms with Crippen LogP contribution in [0.3, 0.4) is 0 Å². The topological polar surface area (TPSA) is 17.1 Å². The summed E-state index contributed by atoms with van der Waals surface area (Å²) in [5.41, 5.74) is 1.28. The minimum Gasteiger partial charge on any atom is -0.312 e. The lowest BCUT2D eigenvalue weighted by molar-refractivity contribution is 0.586. The van der Waals surface area contributed by atoms with Crippen molar-refractivity contribution in [3.8, 4) is 0 Å². The predicted molar refractivity (Wildman–Crippen MR) is 68.2 cm³/mol. The Morgan fingerprint density at radius 1 is 1.23 bits per heavy atom. The molecule has 0 atom stereocenters. The van der Waals surface area contributed by atoms with Gasteiger partial charge in [0.2, 0.25) is 0 Å². The summed E-state index contributed by atoms with van der Waals surface area (Å²) in [6.45, 7) is 8.18. The van der Waals surface area contributed by atoms with Crippen LogP contribution in [0.2, 0.25) is 0 Å². The molecule has 0 spiro atoms. The number of thioether (sulfide) groups is 1. The zero-order valence-electron chi connectivity index (χ0n) is 9.09. The third kappa shape index (κ3) is 4.62. The van der Waals surface area contributed by atoms with Crippen LogP contribution in [0.25, 0.3) is 0 Å². The van der Waals surface area contributed by atoms with E-state index in [1.807, 2.05) is 20.1 Å². The molecule has 0 amide bonds. The summed E-state index contributed by atoms with van der Waals surface area (Å²) in [5.74, 6) is 0. The molecule has 0 aliphatic carbocycles. The minimum atomic E-state index is -1.97. The van der Waals surface area contributed by atoms with E-state index in [9.17, 15) is 4.57 Å². The van der Waals surface area contributed by atoms with Crippen molar-refractivity contribution in [2.75, 3.05) is 18.6 Å². The summed E-state index contributed by atoms with van der Waals surface area (Å²) in [5, 5.41) is 0. The Bertz CT molecular complexity index is 224. The second-order valence-electron chi connectivity index (χ2n) is 3.03. The lowest BCUT2D eigenvalue weighted by atomic mass is 10.4. The molecule has 0 aromatic rings. The van der Waals surface area contributed by atoms with E-state index in [0.717, 1.165) is 12.3 Å². The smallest absolute Gasteiger partial charge is 0.143 e. The molecule has 0 aliphatic heterocycles. The Morgan fingerprint density at radius 3 is 1.92 bits per heavy atom. The lowest BCUT2D eigenvalue weighted by Gasteiger charge is -2.15. The van der Waals surface area contributed by atoms with Crippen LogP contribution in [0, 0.1) is 0 Å². The lowest BCUT2D eigenvalue weighted by Crippen LogP contribution is -1.85. The summed E-state index contributed by atoms with van der Waals surface area (Å²) in [6.07, 6.45) is 1.67. The van der Waals surface area contributed by atoms with Gasteiger partial charge in [-0.05, 0) is 20.1 Å². The van der Waals surface area contributed by atoms with Gasteiger partial charge in [-0.25, -0.2) is 0 Å². The van der Waals surface area contributed by atoms with E-state index in [0.29, 0.717) is 0 Å². The van der Waals surface area contributed by atoms with Crippen LogP contribution >= 0.6 is 29.5 Å². The molecule has 13 heavy (non-hydrogen) atoms. The Labute approximate surface area is 90.3 Å². The van der Waals surface area contributed by atoms with Crippen molar-refractivity contribution in [2.24, 2.45) is 0 Å². The highest BCUT2D eigenvalue weighted by molar-refractivity contribution is 8.63. The van der Waals surface area contributed by atoms with Crippen molar-refractivity contribution in [3.05, 3.63) is 9.81 Å². The van der Waals surface area contributed by atoms with E-state index < -0.39 is 6.34 Å². The molecule has 0 bridgehead atoms. The molecule has 0 unspecified atom stereocenters. The molecule has 0 aliphatic rings. The molecule has 4 heteroatoms. The first-order chi connectivity index (χ1) is 5.99. The van der Waals surface area contributed by atoms with Crippen LogP contribution in [0.1, 0.15) is 27.7 Å². The van der Waals surface area contributed by atoms with Crippen LogP contribution < -0.4 is 0 Å². The third-order valence-electron chi connectivity index (χ3n) is 1.81. The molecule has 0 saturated heterocycles. The maximum atomic E-state index is 12.1. The highest BCUT2D eigenvalue weighted by atomic mass is 32.7. The van der Waals surface area contributed by atoms with Gasteiger partial charge in [0.1, 0.15) is 6.34 Å². The molecule has 1 nitrogen and oxygen atoms in total. The zero-order chi connectivity index (χ0) is 10.5. The highest BCUT2D eigenvalue weighted by Crippen LogP contribution is 2.63. The number of rotatable bonds is 5. The molecular formula is C9H19OPS2. The first kappa shape index (κ1) is 13.7. The maximum Gasteiger partial charge on any atom is 0.143 e. The Kier molecular flexibility index (Phi) is 6.53. The SMILES string of the molecule is CCP(=O)(CC)SC(SC)=C(C)C. The molecule has 0 rings (SSSR count). The van der Waals surface area contributed by atoms with Crippen LogP contribution in [-0.2, 0) is 4.57 Å². The van der Waals surface area contributed by atoms with E-state index in [2.05, 4.69) is 13.8 Å². The monoisotopic (exact) mass is 238 g/mol. The van der Waals surface area contributed by atoms with Gasteiger partial charge < -0.3 is 4.57 Å². The van der Waals surface area contributed by atoms with Crippen molar-refractivity contribution in [1.29, 1.82) is 0 Å². The van der Waals surface area contributed by atoms with Crippen molar-refractivity contribution < 1.29 is 4.57 Å². The zero-order valence-corrected chi connectivity index (χ0v) is 11.6. The minimum absolute atomic E-state index is 0.797. The molecule has 0 fully saturated rings. The molecule has 78 valence electrons. The van der Waals surface area contributed by atoms with Crippen LogP contribution in [-0.4, -0.2) is 18.6 Å².